The fourth-order valence-corrected chi connectivity index (χ4v) is 2.78. The van der Waals surface area contributed by atoms with Gasteiger partial charge in [-0.2, -0.15) is 0 Å². The van der Waals surface area contributed by atoms with E-state index in [4.69, 9.17) is 10.5 Å². The molecule has 3 nitrogen and oxygen atoms in total. The number of carbonyl (C=O) groups is 1. The van der Waals surface area contributed by atoms with Crippen LogP contribution in [0.15, 0.2) is 26.0 Å². The molecule has 1 rings (SSSR count). The standard InChI is InChI=1S/C10H9Br2NO2S/c1-15-9-6(11)2-5(3-7(9)12)4-8(16)10(13)14/h2-4,16H,1H3,(H2,13,14)/b8-4-. The summed E-state index contributed by atoms with van der Waals surface area (Å²) in [6, 6.07) is 3.62. The van der Waals surface area contributed by atoms with Crippen LogP contribution >= 0.6 is 44.5 Å². The average Bonchev–Trinajstić information content (AvgIpc) is 2.16. The predicted octanol–water partition coefficient (Wildman–Crippen LogP) is 2.98. The molecule has 16 heavy (non-hydrogen) atoms. The summed E-state index contributed by atoms with van der Waals surface area (Å²) in [5, 5.41) is 0. The highest BCUT2D eigenvalue weighted by molar-refractivity contribution is 9.11. The van der Waals surface area contributed by atoms with E-state index in [1.54, 1.807) is 13.2 Å². The zero-order valence-corrected chi connectivity index (χ0v) is 12.4. The smallest absolute Gasteiger partial charge is 0.254 e. The molecule has 0 saturated carbocycles. The average molecular weight is 367 g/mol. The molecule has 86 valence electrons. The lowest BCUT2D eigenvalue weighted by Crippen LogP contribution is -2.09. The molecule has 0 aliphatic heterocycles. The van der Waals surface area contributed by atoms with E-state index in [0.29, 0.717) is 5.75 Å². The lowest BCUT2D eigenvalue weighted by Gasteiger charge is -2.07. The third-order valence-electron chi connectivity index (χ3n) is 1.78. The highest BCUT2D eigenvalue weighted by Crippen LogP contribution is 2.35. The molecule has 0 saturated heterocycles. The first-order chi connectivity index (χ1) is 7.45. The van der Waals surface area contributed by atoms with Crippen LogP contribution in [0.5, 0.6) is 5.75 Å². The zero-order chi connectivity index (χ0) is 12.3. The Hall–Kier alpha value is -0.460. The molecule has 0 heterocycles. The van der Waals surface area contributed by atoms with Crippen LogP contribution in [-0.2, 0) is 4.79 Å². The lowest BCUT2D eigenvalue weighted by molar-refractivity contribution is -0.113. The molecule has 1 aromatic rings. The number of halogens is 2. The van der Waals surface area contributed by atoms with E-state index in [1.165, 1.54) is 0 Å². The summed E-state index contributed by atoms with van der Waals surface area (Å²) < 4.78 is 6.72. The zero-order valence-electron chi connectivity index (χ0n) is 8.33. The maximum absolute atomic E-state index is 10.8. The van der Waals surface area contributed by atoms with Gasteiger partial charge in [0.1, 0.15) is 5.75 Å². The largest absolute Gasteiger partial charge is 0.494 e. The highest BCUT2D eigenvalue weighted by Gasteiger charge is 2.07. The van der Waals surface area contributed by atoms with Crippen LogP contribution < -0.4 is 10.5 Å². The van der Waals surface area contributed by atoms with Gasteiger partial charge in [-0.25, -0.2) is 0 Å². The molecule has 0 aliphatic rings. The van der Waals surface area contributed by atoms with Gasteiger partial charge < -0.3 is 10.5 Å². The summed E-state index contributed by atoms with van der Waals surface area (Å²) in [4.78, 5) is 11.0. The van der Waals surface area contributed by atoms with Crippen molar-refractivity contribution in [2.45, 2.75) is 0 Å². The van der Waals surface area contributed by atoms with Gasteiger partial charge >= 0.3 is 0 Å². The molecule has 0 aromatic heterocycles. The maximum atomic E-state index is 10.8. The summed E-state index contributed by atoms with van der Waals surface area (Å²) in [5.41, 5.74) is 5.88. The number of benzene rings is 1. The lowest BCUT2D eigenvalue weighted by atomic mass is 10.2. The molecule has 1 aromatic carbocycles. The first-order valence-electron chi connectivity index (χ1n) is 4.19. The van der Waals surface area contributed by atoms with E-state index >= 15 is 0 Å². The Morgan fingerprint density at radius 1 is 1.44 bits per heavy atom. The molecule has 0 bridgehead atoms. The SMILES string of the molecule is COc1c(Br)cc(/C=C(\S)C(N)=O)cc1Br. The Kier molecular flexibility index (Phi) is 4.89. The van der Waals surface area contributed by atoms with Crippen molar-refractivity contribution in [1.82, 2.24) is 0 Å². The van der Waals surface area contributed by atoms with Gasteiger partial charge in [0, 0.05) is 0 Å². The van der Waals surface area contributed by atoms with Crippen LogP contribution in [0, 0.1) is 0 Å². The summed E-state index contributed by atoms with van der Waals surface area (Å²) in [6.45, 7) is 0. The number of carbonyl (C=O) groups excluding carboxylic acids is 1. The van der Waals surface area contributed by atoms with Gasteiger partial charge in [0.2, 0.25) is 0 Å². The molecule has 0 spiro atoms. The minimum Gasteiger partial charge on any atom is -0.494 e. The number of hydrogen-bond donors (Lipinski definition) is 2. The number of amides is 1. The fraction of sp³-hybridized carbons (Fsp3) is 0.100. The number of methoxy groups -OCH3 is 1. The summed E-state index contributed by atoms with van der Waals surface area (Å²) in [6.07, 6.45) is 1.58. The van der Waals surface area contributed by atoms with Gasteiger partial charge in [0.05, 0.1) is 21.0 Å². The van der Waals surface area contributed by atoms with Crippen molar-refractivity contribution in [3.8, 4) is 5.75 Å². The molecule has 0 radical (unpaired) electrons. The Morgan fingerprint density at radius 3 is 2.31 bits per heavy atom. The van der Waals surface area contributed by atoms with Gasteiger partial charge in [-0.05, 0) is 55.6 Å². The van der Waals surface area contributed by atoms with E-state index in [9.17, 15) is 4.79 Å². The number of hydrogen-bond acceptors (Lipinski definition) is 3. The molecule has 6 heteroatoms. The van der Waals surface area contributed by atoms with Gasteiger partial charge in [-0.1, -0.05) is 0 Å². The Balaban J connectivity index is 3.19. The Labute approximate surface area is 116 Å². The van der Waals surface area contributed by atoms with Crippen LogP contribution in [0.3, 0.4) is 0 Å². The van der Waals surface area contributed by atoms with E-state index in [2.05, 4.69) is 44.5 Å². The monoisotopic (exact) mass is 365 g/mol. The summed E-state index contributed by atoms with van der Waals surface area (Å²) >= 11 is 10.7. The van der Waals surface area contributed by atoms with Crippen molar-refractivity contribution in [3.05, 3.63) is 31.5 Å². The van der Waals surface area contributed by atoms with Crippen LogP contribution in [0.25, 0.3) is 6.08 Å². The molecule has 0 unspecified atom stereocenters. The van der Waals surface area contributed by atoms with Crippen molar-refractivity contribution in [3.63, 3.8) is 0 Å². The van der Waals surface area contributed by atoms with Crippen LogP contribution in [0.1, 0.15) is 5.56 Å². The molecule has 0 aliphatic carbocycles. The van der Waals surface area contributed by atoms with E-state index in [-0.39, 0.29) is 4.91 Å². The Morgan fingerprint density at radius 2 is 1.94 bits per heavy atom. The first-order valence-corrected chi connectivity index (χ1v) is 6.22. The van der Waals surface area contributed by atoms with Gasteiger partial charge in [0.15, 0.2) is 0 Å². The van der Waals surface area contributed by atoms with E-state index < -0.39 is 5.91 Å². The van der Waals surface area contributed by atoms with E-state index in [0.717, 1.165) is 14.5 Å². The molecule has 0 fully saturated rings. The van der Waals surface area contributed by atoms with E-state index in [1.807, 2.05) is 12.1 Å². The van der Waals surface area contributed by atoms with Crippen molar-refractivity contribution in [1.29, 1.82) is 0 Å². The van der Waals surface area contributed by atoms with Crippen LogP contribution in [-0.4, -0.2) is 13.0 Å². The van der Waals surface area contributed by atoms with Crippen LogP contribution in [0.4, 0.5) is 0 Å². The van der Waals surface area contributed by atoms with Crippen molar-refractivity contribution in [2.24, 2.45) is 5.73 Å². The predicted molar refractivity (Wildman–Crippen MR) is 74.6 cm³/mol. The Bertz CT molecular complexity index is 437. The quantitative estimate of drug-likeness (QED) is 0.638. The number of rotatable bonds is 3. The number of thiol groups is 1. The second-order valence-corrected chi connectivity index (χ2v) is 5.10. The third-order valence-corrected chi connectivity index (χ3v) is 3.31. The first kappa shape index (κ1) is 13.6. The number of nitrogens with two attached hydrogens (primary N) is 1. The molecular formula is C10H9Br2NO2S. The summed E-state index contributed by atoms with van der Waals surface area (Å²) in [7, 11) is 1.58. The topological polar surface area (TPSA) is 52.3 Å². The molecule has 1 amide bonds. The van der Waals surface area contributed by atoms with Crippen LogP contribution in [0.2, 0.25) is 0 Å². The maximum Gasteiger partial charge on any atom is 0.254 e. The fourth-order valence-electron chi connectivity index (χ4n) is 1.09. The number of ether oxygens (including phenoxy) is 1. The van der Waals surface area contributed by atoms with Gasteiger partial charge in [0.25, 0.3) is 5.91 Å². The second kappa shape index (κ2) is 5.75. The molecule has 0 atom stereocenters. The van der Waals surface area contributed by atoms with Crippen molar-refractivity contribution >= 4 is 56.5 Å². The molecule has 2 N–H and O–H groups in total. The third kappa shape index (κ3) is 3.26. The second-order valence-electron chi connectivity index (χ2n) is 2.91. The van der Waals surface area contributed by atoms with Gasteiger partial charge in [-0.3, -0.25) is 4.79 Å². The molecular weight excluding hydrogens is 358 g/mol. The number of primary amides is 1. The highest BCUT2D eigenvalue weighted by atomic mass is 79.9. The summed E-state index contributed by atoms with van der Waals surface area (Å²) in [5.74, 6) is 0.128. The minimum atomic E-state index is -0.564. The normalized spacial score (nSPS) is 11.4. The minimum absolute atomic E-state index is 0.198. The van der Waals surface area contributed by atoms with Crippen molar-refractivity contribution in [2.75, 3.05) is 7.11 Å². The van der Waals surface area contributed by atoms with Gasteiger partial charge in [-0.15, -0.1) is 12.6 Å². The van der Waals surface area contributed by atoms with Crippen molar-refractivity contribution < 1.29 is 9.53 Å².